The van der Waals surface area contributed by atoms with Crippen LogP contribution in [0.25, 0.3) is 16.9 Å². The first kappa shape index (κ1) is 17.9. The lowest BCUT2D eigenvalue weighted by Gasteiger charge is -2.08. The fraction of sp³-hybridized carbons (Fsp3) is 0.158. The first-order valence-electron chi connectivity index (χ1n) is 7.85. The Hall–Kier alpha value is -2.93. The summed E-state index contributed by atoms with van der Waals surface area (Å²) in [7, 11) is -1.98. The van der Waals surface area contributed by atoms with E-state index in [1.165, 1.54) is 19.2 Å². The quantitative estimate of drug-likeness (QED) is 0.660. The average molecular weight is 370 g/mol. The molecule has 6 nitrogen and oxygen atoms in total. The largest absolute Gasteiger partial charge is 0.464 e. The maximum absolute atomic E-state index is 11.9. The van der Waals surface area contributed by atoms with Gasteiger partial charge in [0.2, 0.25) is 0 Å². The Morgan fingerprint density at radius 3 is 2.19 bits per heavy atom. The minimum atomic E-state index is -3.28. The van der Waals surface area contributed by atoms with Crippen LogP contribution >= 0.6 is 0 Å². The van der Waals surface area contributed by atoms with Crippen LogP contribution in [0, 0.1) is 6.92 Å². The van der Waals surface area contributed by atoms with Gasteiger partial charge in [-0.25, -0.2) is 17.9 Å². The van der Waals surface area contributed by atoms with Crippen LogP contribution in [0.15, 0.2) is 59.5 Å². The number of benzene rings is 2. The van der Waals surface area contributed by atoms with E-state index in [1.54, 1.807) is 22.9 Å². The van der Waals surface area contributed by atoms with Crippen molar-refractivity contribution in [1.29, 1.82) is 0 Å². The smallest absolute Gasteiger partial charge is 0.358 e. The van der Waals surface area contributed by atoms with Crippen LogP contribution in [0.4, 0.5) is 0 Å². The van der Waals surface area contributed by atoms with Crippen molar-refractivity contribution >= 4 is 15.8 Å². The molecule has 0 spiro atoms. The Balaban J connectivity index is 2.14. The van der Waals surface area contributed by atoms with Crippen LogP contribution in [-0.4, -0.2) is 37.5 Å². The molecule has 0 amide bonds. The van der Waals surface area contributed by atoms with E-state index in [4.69, 9.17) is 4.74 Å². The van der Waals surface area contributed by atoms with Crippen LogP contribution in [0.1, 0.15) is 16.1 Å². The summed E-state index contributed by atoms with van der Waals surface area (Å²) < 4.78 is 29.7. The number of rotatable bonds is 4. The molecule has 3 aromatic rings. The molecule has 0 saturated heterocycles. The maximum atomic E-state index is 11.9. The average Bonchev–Trinajstić information content (AvgIpc) is 3.06. The van der Waals surface area contributed by atoms with Gasteiger partial charge in [0, 0.05) is 11.8 Å². The highest BCUT2D eigenvalue weighted by molar-refractivity contribution is 7.90. The number of carbonyl (C=O) groups is 1. The number of aromatic nitrogens is 2. The van der Waals surface area contributed by atoms with Gasteiger partial charge in [0.05, 0.1) is 23.4 Å². The van der Waals surface area contributed by atoms with Crippen molar-refractivity contribution in [3.05, 3.63) is 65.9 Å². The second-order valence-electron chi connectivity index (χ2n) is 5.95. The number of ether oxygens (including phenoxy) is 1. The molecule has 26 heavy (non-hydrogen) atoms. The topological polar surface area (TPSA) is 78.3 Å². The molecular formula is C19H18N2O4S. The minimum Gasteiger partial charge on any atom is -0.464 e. The van der Waals surface area contributed by atoms with Crippen molar-refractivity contribution < 1.29 is 17.9 Å². The lowest BCUT2D eigenvalue weighted by Crippen LogP contribution is -2.04. The molecule has 0 radical (unpaired) electrons. The van der Waals surface area contributed by atoms with Crippen molar-refractivity contribution in [2.24, 2.45) is 0 Å². The fourth-order valence-electron chi connectivity index (χ4n) is 2.55. The van der Waals surface area contributed by atoms with Crippen molar-refractivity contribution in [3.63, 3.8) is 0 Å². The molecule has 0 aliphatic rings. The minimum absolute atomic E-state index is 0.176. The molecule has 7 heteroatoms. The van der Waals surface area contributed by atoms with Crippen molar-refractivity contribution in [2.45, 2.75) is 11.8 Å². The third-order valence-electron chi connectivity index (χ3n) is 3.96. The Morgan fingerprint density at radius 1 is 1.04 bits per heavy atom. The number of methoxy groups -OCH3 is 1. The monoisotopic (exact) mass is 370 g/mol. The zero-order valence-electron chi connectivity index (χ0n) is 14.6. The van der Waals surface area contributed by atoms with E-state index >= 15 is 0 Å². The van der Waals surface area contributed by atoms with Crippen LogP contribution in [-0.2, 0) is 14.6 Å². The first-order valence-corrected chi connectivity index (χ1v) is 9.74. The van der Waals surface area contributed by atoms with E-state index in [1.807, 2.05) is 31.2 Å². The lowest BCUT2D eigenvalue weighted by molar-refractivity contribution is 0.0593. The van der Waals surface area contributed by atoms with Gasteiger partial charge in [-0.3, -0.25) is 0 Å². The number of sulfone groups is 1. The third kappa shape index (κ3) is 3.52. The van der Waals surface area contributed by atoms with E-state index in [0.717, 1.165) is 23.1 Å². The van der Waals surface area contributed by atoms with E-state index < -0.39 is 15.8 Å². The highest BCUT2D eigenvalue weighted by Gasteiger charge is 2.17. The summed E-state index contributed by atoms with van der Waals surface area (Å²) in [5, 5.41) is 4.35. The van der Waals surface area contributed by atoms with Crippen LogP contribution in [0.5, 0.6) is 0 Å². The van der Waals surface area contributed by atoms with Crippen LogP contribution in [0.3, 0.4) is 0 Å². The Morgan fingerprint density at radius 2 is 1.65 bits per heavy atom. The first-order chi connectivity index (χ1) is 12.3. The van der Waals surface area contributed by atoms with Gasteiger partial charge in [-0.2, -0.15) is 5.10 Å². The molecule has 1 heterocycles. The molecule has 0 aliphatic carbocycles. The fourth-order valence-corrected chi connectivity index (χ4v) is 3.18. The molecule has 1 aromatic heterocycles. The summed E-state index contributed by atoms with van der Waals surface area (Å²) in [6.07, 6.45) is 1.16. The van der Waals surface area contributed by atoms with E-state index in [2.05, 4.69) is 5.10 Å². The number of hydrogen-bond donors (Lipinski definition) is 0. The molecule has 0 fully saturated rings. The van der Waals surface area contributed by atoms with Gasteiger partial charge in [0.1, 0.15) is 0 Å². The molecule has 0 aliphatic heterocycles. The molecule has 0 N–H and O–H groups in total. The van der Waals surface area contributed by atoms with Gasteiger partial charge in [-0.15, -0.1) is 0 Å². The maximum Gasteiger partial charge on any atom is 0.358 e. The summed E-state index contributed by atoms with van der Waals surface area (Å²) >= 11 is 0. The Kier molecular flexibility index (Phi) is 4.65. The Labute approximate surface area is 152 Å². The van der Waals surface area contributed by atoms with Gasteiger partial charge in [0.15, 0.2) is 15.5 Å². The normalized spacial score (nSPS) is 11.3. The summed E-state index contributed by atoms with van der Waals surface area (Å²) in [4.78, 5) is 12.1. The summed E-state index contributed by atoms with van der Waals surface area (Å²) in [5.74, 6) is -0.537. The van der Waals surface area contributed by atoms with E-state index in [9.17, 15) is 13.2 Å². The van der Waals surface area contributed by atoms with E-state index in [-0.39, 0.29) is 10.6 Å². The highest BCUT2D eigenvalue weighted by Crippen LogP contribution is 2.26. The predicted molar refractivity (Wildman–Crippen MR) is 98.2 cm³/mol. The van der Waals surface area contributed by atoms with E-state index in [0.29, 0.717) is 5.69 Å². The number of esters is 1. The molecule has 3 rings (SSSR count). The number of aryl methyl sites for hydroxylation is 1. The van der Waals surface area contributed by atoms with Gasteiger partial charge >= 0.3 is 5.97 Å². The van der Waals surface area contributed by atoms with Gasteiger partial charge in [-0.05, 0) is 37.3 Å². The molecule has 2 aromatic carbocycles. The van der Waals surface area contributed by atoms with Gasteiger partial charge in [-0.1, -0.05) is 29.8 Å². The molecule has 134 valence electrons. The Bertz CT molecular complexity index is 1050. The molecular weight excluding hydrogens is 352 g/mol. The second kappa shape index (κ2) is 6.76. The summed E-state index contributed by atoms with van der Waals surface area (Å²) in [6.45, 7) is 1.98. The highest BCUT2D eigenvalue weighted by atomic mass is 32.2. The van der Waals surface area contributed by atoms with Gasteiger partial charge < -0.3 is 4.74 Å². The van der Waals surface area contributed by atoms with Crippen molar-refractivity contribution in [2.75, 3.05) is 13.4 Å². The molecule has 0 saturated carbocycles. The predicted octanol–water partition coefficient (Wildman–Crippen LogP) is 3.04. The number of carbonyl (C=O) groups excluding carboxylic acids is 1. The van der Waals surface area contributed by atoms with Crippen molar-refractivity contribution in [3.8, 4) is 16.9 Å². The van der Waals surface area contributed by atoms with Gasteiger partial charge in [0.25, 0.3) is 0 Å². The summed E-state index contributed by atoms with van der Waals surface area (Å²) in [6, 6.07) is 15.8. The van der Waals surface area contributed by atoms with Crippen molar-refractivity contribution in [1.82, 2.24) is 9.78 Å². The zero-order valence-corrected chi connectivity index (χ0v) is 15.4. The number of nitrogens with zero attached hydrogens (tertiary/aromatic N) is 2. The molecule has 0 bridgehead atoms. The third-order valence-corrected chi connectivity index (χ3v) is 5.09. The summed E-state index contributed by atoms with van der Waals surface area (Å²) in [5.41, 5.74) is 3.46. The SMILES string of the molecule is COC(=O)c1cc(-c2ccc(S(C)(=O)=O)cc2)n(-c2ccc(C)cc2)n1. The molecule has 0 atom stereocenters. The van der Waals surface area contributed by atoms with Crippen LogP contribution in [0.2, 0.25) is 0 Å². The molecule has 0 unspecified atom stereocenters. The standard InChI is InChI=1S/C19H18N2O4S/c1-13-4-8-15(9-5-13)21-18(12-17(20-21)19(22)25-2)14-6-10-16(11-7-14)26(3,23)24/h4-12H,1-3H3. The van der Waals surface area contributed by atoms with Crippen LogP contribution < -0.4 is 0 Å². The zero-order chi connectivity index (χ0) is 18.9. The number of hydrogen-bond acceptors (Lipinski definition) is 5. The second-order valence-corrected chi connectivity index (χ2v) is 7.97. The lowest BCUT2D eigenvalue weighted by atomic mass is 10.1.